The van der Waals surface area contributed by atoms with Crippen molar-refractivity contribution in [2.75, 3.05) is 0 Å². The predicted molar refractivity (Wildman–Crippen MR) is 66.9 cm³/mol. The highest BCUT2D eigenvalue weighted by molar-refractivity contribution is 7.11. The Labute approximate surface area is 101 Å². The average molecular weight is 237 g/mol. The Morgan fingerprint density at radius 2 is 2.38 bits per heavy atom. The summed E-state index contributed by atoms with van der Waals surface area (Å²) in [5, 5.41) is 0. The third-order valence-corrected chi connectivity index (χ3v) is 4.64. The predicted octanol–water partition coefficient (Wildman–Crippen LogP) is 3.85. The third-order valence-electron chi connectivity index (χ3n) is 3.70. The van der Waals surface area contributed by atoms with Crippen molar-refractivity contribution in [3.63, 3.8) is 0 Å². The van der Waals surface area contributed by atoms with Crippen molar-refractivity contribution in [2.45, 2.75) is 46.0 Å². The Balaban J connectivity index is 2.07. The number of hydrogen-bond acceptors (Lipinski definition) is 3. The fourth-order valence-electron chi connectivity index (χ4n) is 2.62. The van der Waals surface area contributed by atoms with E-state index in [9.17, 15) is 4.79 Å². The van der Waals surface area contributed by atoms with Crippen molar-refractivity contribution in [2.24, 2.45) is 11.8 Å². The number of aryl methyl sites for hydroxylation is 1. The minimum absolute atomic E-state index is 0.262. The van der Waals surface area contributed by atoms with E-state index in [1.165, 1.54) is 30.6 Å². The van der Waals surface area contributed by atoms with Crippen LogP contribution in [-0.2, 0) is 0 Å². The smallest absolute Gasteiger partial charge is 0.177 e. The molecule has 0 spiro atoms. The highest BCUT2D eigenvalue weighted by atomic mass is 32.1. The number of hydrogen-bond donors (Lipinski definition) is 0. The molecular weight excluding hydrogens is 218 g/mol. The van der Waals surface area contributed by atoms with Gasteiger partial charge in [0.15, 0.2) is 5.78 Å². The lowest BCUT2D eigenvalue weighted by atomic mass is 9.78. The van der Waals surface area contributed by atoms with Gasteiger partial charge in [-0.3, -0.25) is 4.79 Å². The quantitative estimate of drug-likeness (QED) is 0.747. The SMILES string of the molecule is CCC1CCCC(C(=O)c2scnc2C)C1. The molecule has 2 atom stereocenters. The molecule has 0 saturated heterocycles. The van der Waals surface area contributed by atoms with Crippen LogP contribution in [0.3, 0.4) is 0 Å². The molecule has 1 aliphatic rings. The zero-order chi connectivity index (χ0) is 11.5. The molecule has 16 heavy (non-hydrogen) atoms. The van der Waals surface area contributed by atoms with Crippen molar-refractivity contribution in [3.05, 3.63) is 16.1 Å². The van der Waals surface area contributed by atoms with Gasteiger partial charge < -0.3 is 0 Å². The van der Waals surface area contributed by atoms with Gasteiger partial charge >= 0.3 is 0 Å². The second kappa shape index (κ2) is 5.09. The normalized spacial score (nSPS) is 25.6. The molecule has 88 valence electrons. The van der Waals surface area contributed by atoms with Crippen LogP contribution in [0.2, 0.25) is 0 Å². The van der Waals surface area contributed by atoms with Crippen molar-refractivity contribution in [1.29, 1.82) is 0 Å². The topological polar surface area (TPSA) is 30.0 Å². The van der Waals surface area contributed by atoms with Gasteiger partial charge in [-0.25, -0.2) is 4.98 Å². The van der Waals surface area contributed by atoms with Crippen LogP contribution in [0, 0.1) is 18.8 Å². The van der Waals surface area contributed by atoms with Crippen LogP contribution in [0.4, 0.5) is 0 Å². The summed E-state index contributed by atoms with van der Waals surface area (Å²) in [6.45, 7) is 4.17. The zero-order valence-corrected chi connectivity index (χ0v) is 10.8. The van der Waals surface area contributed by atoms with Gasteiger partial charge in [0, 0.05) is 5.92 Å². The Morgan fingerprint density at radius 3 is 3.00 bits per heavy atom. The molecule has 0 amide bonds. The Bertz CT molecular complexity index is 372. The van der Waals surface area contributed by atoms with Crippen LogP contribution in [0.15, 0.2) is 5.51 Å². The molecule has 3 heteroatoms. The maximum Gasteiger partial charge on any atom is 0.177 e. The summed E-state index contributed by atoms with van der Waals surface area (Å²) >= 11 is 1.50. The summed E-state index contributed by atoms with van der Waals surface area (Å²) in [5.74, 6) is 1.37. The summed E-state index contributed by atoms with van der Waals surface area (Å²) in [7, 11) is 0. The van der Waals surface area contributed by atoms with Gasteiger partial charge in [-0.15, -0.1) is 11.3 Å². The van der Waals surface area contributed by atoms with Crippen LogP contribution in [0.5, 0.6) is 0 Å². The van der Waals surface area contributed by atoms with E-state index in [0.29, 0.717) is 5.78 Å². The highest BCUT2D eigenvalue weighted by Crippen LogP contribution is 2.34. The van der Waals surface area contributed by atoms with Gasteiger partial charge in [-0.1, -0.05) is 26.2 Å². The molecular formula is C13H19NOS. The fourth-order valence-corrected chi connectivity index (χ4v) is 3.45. The number of carbonyl (C=O) groups excluding carboxylic acids is 1. The summed E-state index contributed by atoms with van der Waals surface area (Å²) in [5.41, 5.74) is 2.69. The molecule has 1 aliphatic carbocycles. The first kappa shape index (κ1) is 11.8. The lowest BCUT2D eigenvalue weighted by molar-refractivity contribution is 0.0865. The molecule has 1 saturated carbocycles. The molecule has 1 aromatic rings. The van der Waals surface area contributed by atoms with Crippen LogP contribution >= 0.6 is 11.3 Å². The number of thiazole rings is 1. The molecule has 2 nitrogen and oxygen atoms in total. The maximum atomic E-state index is 12.3. The number of rotatable bonds is 3. The van der Waals surface area contributed by atoms with E-state index in [1.54, 1.807) is 5.51 Å². The van der Waals surface area contributed by atoms with E-state index in [0.717, 1.165) is 29.3 Å². The van der Waals surface area contributed by atoms with E-state index in [-0.39, 0.29) is 5.92 Å². The van der Waals surface area contributed by atoms with Gasteiger partial charge in [0.05, 0.1) is 16.1 Å². The average Bonchev–Trinajstić information content (AvgIpc) is 2.74. The van der Waals surface area contributed by atoms with Gasteiger partial charge in [0.2, 0.25) is 0 Å². The Kier molecular flexibility index (Phi) is 3.74. The lowest BCUT2D eigenvalue weighted by Gasteiger charge is -2.27. The van der Waals surface area contributed by atoms with Crippen molar-refractivity contribution in [1.82, 2.24) is 4.98 Å². The lowest BCUT2D eigenvalue weighted by Crippen LogP contribution is -2.22. The number of Topliss-reactive ketones (excluding diaryl/α,β-unsaturated/α-hetero) is 1. The third kappa shape index (κ3) is 2.34. The van der Waals surface area contributed by atoms with Gasteiger partial charge in [-0.05, 0) is 25.7 Å². The van der Waals surface area contributed by atoms with Crippen molar-refractivity contribution < 1.29 is 4.79 Å². The molecule has 0 aromatic carbocycles. The van der Waals surface area contributed by atoms with E-state index < -0.39 is 0 Å². The van der Waals surface area contributed by atoms with Gasteiger partial charge in [-0.2, -0.15) is 0 Å². The van der Waals surface area contributed by atoms with Crippen molar-refractivity contribution in [3.8, 4) is 0 Å². The minimum atomic E-state index is 0.262. The summed E-state index contributed by atoms with van der Waals surface area (Å²) in [6.07, 6.45) is 5.90. The van der Waals surface area contributed by atoms with E-state index in [1.807, 2.05) is 6.92 Å². The molecule has 1 aromatic heterocycles. The number of aromatic nitrogens is 1. The van der Waals surface area contributed by atoms with Gasteiger partial charge in [0.1, 0.15) is 0 Å². The molecule has 2 unspecified atom stereocenters. The van der Waals surface area contributed by atoms with Crippen LogP contribution in [-0.4, -0.2) is 10.8 Å². The number of ketones is 1. The maximum absolute atomic E-state index is 12.3. The van der Waals surface area contributed by atoms with Crippen molar-refractivity contribution >= 4 is 17.1 Å². The summed E-state index contributed by atoms with van der Waals surface area (Å²) in [6, 6.07) is 0. The first-order valence-electron chi connectivity index (χ1n) is 6.16. The van der Waals surface area contributed by atoms with Crippen LogP contribution < -0.4 is 0 Å². The van der Waals surface area contributed by atoms with E-state index >= 15 is 0 Å². The standard InChI is InChI=1S/C13H19NOS/c1-3-10-5-4-6-11(7-10)12(15)13-9(2)14-8-16-13/h8,10-11H,3-7H2,1-2H3. The van der Waals surface area contributed by atoms with Gasteiger partial charge in [0.25, 0.3) is 0 Å². The Morgan fingerprint density at radius 1 is 1.56 bits per heavy atom. The zero-order valence-electron chi connectivity index (χ0n) is 10.0. The second-order valence-corrected chi connectivity index (χ2v) is 5.62. The van der Waals surface area contributed by atoms with E-state index in [4.69, 9.17) is 0 Å². The highest BCUT2D eigenvalue weighted by Gasteiger charge is 2.28. The molecule has 0 bridgehead atoms. The fraction of sp³-hybridized carbons (Fsp3) is 0.692. The molecule has 0 N–H and O–H groups in total. The van der Waals surface area contributed by atoms with Crippen LogP contribution in [0.1, 0.15) is 54.4 Å². The summed E-state index contributed by atoms with van der Waals surface area (Å²) < 4.78 is 0. The van der Waals surface area contributed by atoms with Crippen LogP contribution in [0.25, 0.3) is 0 Å². The summed E-state index contributed by atoms with van der Waals surface area (Å²) in [4.78, 5) is 17.4. The largest absolute Gasteiger partial charge is 0.293 e. The molecule has 1 heterocycles. The number of nitrogens with zero attached hydrogens (tertiary/aromatic N) is 1. The molecule has 0 aliphatic heterocycles. The Hall–Kier alpha value is -0.700. The number of carbonyl (C=O) groups is 1. The molecule has 1 fully saturated rings. The first-order valence-corrected chi connectivity index (χ1v) is 7.04. The molecule has 2 rings (SSSR count). The molecule has 0 radical (unpaired) electrons. The van der Waals surface area contributed by atoms with E-state index in [2.05, 4.69) is 11.9 Å². The second-order valence-electron chi connectivity index (χ2n) is 4.77. The monoisotopic (exact) mass is 237 g/mol. The minimum Gasteiger partial charge on any atom is -0.293 e. The first-order chi connectivity index (χ1) is 7.72.